The Hall–Kier alpha value is -2.06. The maximum atomic E-state index is 12.5. The van der Waals surface area contributed by atoms with Gasteiger partial charge in [-0.1, -0.05) is 6.08 Å². The van der Waals surface area contributed by atoms with E-state index in [9.17, 15) is 9.90 Å². The van der Waals surface area contributed by atoms with Crippen LogP contribution in [-0.2, 0) is 9.53 Å². The summed E-state index contributed by atoms with van der Waals surface area (Å²) >= 11 is 8.78. The number of halogens is 1. The van der Waals surface area contributed by atoms with E-state index in [2.05, 4.69) is 27.8 Å². The number of nitrogens with one attached hydrogen (secondary N) is 1. The number of benzene rings is 1. The third kappa shape index (κ3) is 3.86. The molecular weight excluding hydrogens is 420 g/mol. The van der Waals surface area contributed by atoms with E-state index < -0.39 is 12.0 Å². The summed E-state index contributed by atoms with van der Waals surface area (Å²) in [6.07, 6.45) is 1.71. The van der Waals surface area contributed by atoms with Crippen LogP contribution in [0.25, 0.3) is 0 Å². The van der Waals surface area contributed by atoms with Crippen molar-refractivity contribution >= 4 is 39.2 Å². The predicted octanol–water partition coefficient (Wildman–Crippen LogP) is 3.42. The zero-order chi connectivity index (χ0) is 19.4. The number of carbonyl (C=O) groups is 1. The summed E-state index contributed by atoms with van der Waals surface area (Å²) in [5.74, 6) is -0.138. The minimum atomic E-state index is -0.535. The highest BCUT2D eigenvalue weighted by Crippen LogP contribution is 2.40. The molecule has 0 radical (unpaired) electrons. The molecule has 1 unspecified atom stereocenters. The lowest BCUT2D eigenvalue weighted by Crippen LogP contribution is -2.47. The summed E-state index contributed by atoms with van der Waals surface area (Å²) in [7, 11) is 1.34. The minimum absolute atomic E-state index is 0.00240. The molecule has 0 bridgehead atoms. The Kier molecular flexibility index (Phi) is 6.66. The third-order valence-electron chi connectivity index (χ3n) is 4.00. The van der Waals surface area contributed by atoms with Gasteiger partial charge in [0.2, 0.25) is 0 Å². The number of phenols is 1. The molecule has 2 rings (SSSR count). The van der Waals surface area contributed by atoms with Gasteiger partial charge in [0.15, 0.2) is 16.6 Å². The van der Waals surface area contributed by atoms with Gasteiger partial charge in [-0.05, 0) is 59.7 Å². The van der Waals surface area contributed by atoms with Crippen LogP contribution in [0, 0.1) is 0 Å². The first-order chi connectivity index (χ1) is 12.3. The van der Waals surface area contributed by atoms with Gasteiger partial charge in [-0.25, -0.2) is 4.79 Å². The monoisotopic (exact) mass is 440 g/mol. The lowest BCUT2D eigenvalue weighted by molar-refractivity contribution is -0.136. The lowest BCUT2D eigenvalue weighted by Gasteiger charge is -2.37. The van der Waals surface area contributed by atoms with Crippen LogP contribution in [0.4, 0.5) is 0 Å². The highest BCUT2D eigenvalue weighted by Gasteiger charge is 2.34. The molecule has 8 heteroatoms. The molecule has 0 amide bonds. The Bertz CT molecular complexity index is 779. The number of ether oxygens (including phenoxy) is 2. The number of carbonyl (C=O) groups excluding carboxylic acids is 1. The topological polar surface area (TPSA) is 71.0 Å². The fourth-order valence-electron chi connectivity index (χ4n) is 2.78. The van der Waals surface area contributed by atoms with Crippen LogP contribution in [0.15, 0.2) is 40.5 Å². The van der Waals surface area contributed by atoms with E-state index in [1.165, 1.54) is 7.11 Å². The van der Waals surface area contributed by atoms with E-state index in [1.807, 2.05) is 13.8 Å². The van der Waals surface area contributed by atoms with Gasteiger partial charge in [0.1, 0.15) is 0 Å². The zero-order valence-corrected chi connectivity index (χ0v) is 17.2. The smallest absolute Gasteiger partial charge is 0.337 e. The van der Waals surface area contributed by atoms with Crippen molar-refractivity contribution in [3.8, 4) is 11.5 Å². The molecule has 0 spiro atoms. The summed E-state index contributed by atoms with van der Waals surface area (Å²) in [4.78, 5) is 14.3. The maximum Gasteiger partial charge on any atom is 0.337 e. The normalized spacial score (nSPS) is 17.0. The number of esters is 1. The van der Waals surface area contributed by atoms with Crippen molar-refractivity contribution in [3.05, 3.63) is 46.1 Å². The van der Waals surface area contributed by atoms with Crippen LogP contribution in [-0.4, -0.2) is 41.3 Å². The second-order valence-electron chi connectivity index (χ2n) is 5.55. The Morgan fingerprint density at radius 2 is 2.23 bits per heavy atom. The van der Waals surface area contributed by atoms with Gasteiger partial charge >= 0.3 is 5.97 Å². The highest BCUT2D eigenvalue weighted by atomic mass is 79.9. The van der Waals surface area contributed by atoms with Gasteiger partial charge in [0.05, 0.1) is 29.8 Å². The number of methoxy groups -OCH3 is 1. The number of nitrogens with zero attached hydrogens (tertiary/aromatic N) is 1. The summed E-state index contributed by atoms with van der Waals surface area (Å²) in [5.41, 5.74) is 1.83. The van der Waals surface area contributed by atoms with E-state index in [4.69, 9.17) is 21.7 Å². The van der Waals surface area contributed by atoms with Crippen LogP contribution in [0.5, 0.6) is 11.5 Å². The van der Waals surface area contributed by atoms with Crippen LogP contribution >= 0.6 is 28.1 Å². The van der Waals surface area contributed by atoms with Gasteiger partial charge in [-0.15, -0.1) is 6.58 Å². The standard InChI is InChI=1S/C18H21BrN2O4S/c1-5-7-21-10(3)14(17(23)24-4)15(20-18(21)26)11-8-12(19)16(22)13(9-11)25-6-2/h5,8-9,15,22H,1,6-7H2,2-4H3,(H,20,26). The molecule has 26 heavy (non-hydrogen) atoms. The number of hydrogen-bond donors (Lipinski definition) is 2. The number of hydrogen-bond acceptors (Lipinski definition) is 5. The van der Waals surface area contributed by atoms with Gasteiger partial charge in [-0.3, -0.25) is 0 Å². The van der Waals surface area contributed by atoms with Crippen LogP contribution in [0.1, 0.15) is 25.5 Å². The second-order valence-corrected chi connectivity index (χ2v) is 6.80. The summed E-state index contributed by atoms with van der Waals surface area (Å²) in [6, 6.07) is 2.87. The molecule has 1 aliphatic heterocycles. The molecule has 6 nitrogen and oxygen atoms in total. The molecule has 1 aromatic carbocycles. The van der Waals surface area contributed by atoms with Gasteiger partial charge in [0.25, 0.3) is 0 Å². The van der Waals surface area contributed by atoms with E-state index in [0.717, 1.165) is 0 Å². The largest absolute Gasteiger partial charge is 0.503 e. The van der Waals surface area contributed by atoms with E-state index >= 15 is 0 Å². The third-order valence-corrected chi connectivity index (χ3v) is 4.94. The fraction of sp³-hybridized carbons (Fsp3) is 0.333. The Morgan fingerprint density at radius 1 is 1.54 bits per heavy atom. The molecule has 0 saturated carbocycles. The maximum absolute atomic E-state index is 12.5. The van der Waals surface area contributed by atoms with Crippen molar-refractivity contribution in [1.29, 1.82) is 0 Å². The van der Waals surface area contributed by atoms with Crippen LogP contribution in [0.2, 0.25) is 0 Å². The van der Waals surface area contributed by atoms with Crippen molar-refractivity contribution in [3.63, 3.8) is 0 Å². The van der Waals surface area contributed by atoms with Crippen LogP contribution < -0.4 is 10.1 Å². The first kappa shape index (κ1) is 20.3. The molecule has 1 heterocycles. The molecule has 0 aliphatic carbocycles. The Balaban J connectivity index is 2.61. The molecule has 1 aliphatic rings. The Morgan fingerprint density at radius 3 is 2.81 bits per heavy atom. The second kappa shape index (κ2) is 8.55. The number of aromatic hydroxyl groups is 1. The van der Waals surface area contributed by atoms with Gasteiger partial charge < -0.3 is 24.8 Å². The molecule has 1 atom stereocenters. The molecule has 1 aromatic rings. The lowest BCUT2D eigenvalue weighted by atomic mass is 9.94. The van der Waals surface area contributed by atoms with E-state index in [1.54, 1.807) is 23.1 Å². The van der Waals surface area contributed by atoms with E-state index in [-0.39, 0.29) is 5.75 Å². The highest BCUT2D eigenvalue weighted by molar-refractivity contribution is 9.10. The van der Waals surface area contributed by atoms with Crippen LogP contribution in [0.3, 0.4) is 0 Å². The molecule has 2 N–H and O–H groups in total. The van der Waals surface area contributed by atoms with Crippen molar-refractivity contribution in [2.24, 2.45) is 0 Å². The average molecular weight is 441 g/mol. The minimum Gasteiger partial charge on any atom is -0.503 e. The van der Waals surface area contributed by atoms with Gasteiger partial charge in [-0.2, -0.15) is 0 Å². The molecule has 140 valence electrons. The summed E-state index contributed by atoms with van der Waals surface area (Å²) in [5, 5.41) is 13.8. The number of allylic oxidation sites excluding steroid dienone is 1. The molecule has 0 aromatic heterocycles. The van der Waals surface area contributed by atoms with Crippen molar-refractivity contribution in [2.75, 3.05) is 20.3 Å². The zero-order valence-electron chi connectivity index (χ0n) is 14.8. The number of thiocarbonyl (C=S) groups is 1. The van der Waals surface area contributed by atoms with E-state index in [0.29, 0.717) is 45.3 Å². The first-order valence-corrected chi connectivity index (χ1v) is 9.19. The quantitative estimate of drug-likeness (QED) is 0.398. The molecule has 0 saturated heterocycles. The number of rotatable bonds is 6. The molecule has 0 fully saturated rings. The van der Waals surface area contributed by atoms with Crippen molar-refractivity contribution in [1.82, 2.24) is 10.2 Å². The van der Waals surface area contributed by atoms with Crippen molar-refractivity contribution < 1.29 is 19.4 Å². The van der Waals surface area contributed by atoms with Crippen molar-refractivity contribution in [2.45, 2.75) is 19.9 Å². The fourth-order valence-corrected chi connectivity index (χ4v) is 3.57. The summed E-state index contributed by atoms with van der Waals surface area (Å²) < 4.78 is 10.9. The SMILES string of the molecule is C=CCN1C(=S)NC(c2cc(Br)c(O)c(OCC)c2)C(C(=O)OC)=C1C. The average Bonchev–Trinajstić information content (AvgIpc) is 2.61. The predicted molar refractivity (Wildman–Crippen MR) is 107 cm³/mol. The Labute approximate surface area is 166 Å². The first-order valence-electron chi connectivity index (χ1n) is 7.98. The number of phenolic OH excluding ortho intramolecular Hbond substituents is 1. The summed E-state index contributed by atoms with van der Waals surface area (Å²) in [6.45, 7) is 8.23. The molecular formula is C18H21BrN2O4S. The van der Waals surface area contributed by atoms with Gasteiger partial charge in [0, 0.05) is 12.2 Å².